The molecule has 2 N–H and O–H groups in total. The highest BCUT2D eigenvalue weighted by Crippen LogP contribution is 2.33. The van der Waals surface area contributed by atoms with Gasteiger partial charge in [0.25, 0.3) is 0 Å². The monoisotopic (exact) mass is 274 g/mol. The molecule has 0 aromatic carbocycles. The van der Waals surface area contributed by atoms with E-state index < -0.39 is 23.5 Å². The van der Waals surface area contributed by atoms with Gasteiger partial charge in [0.15, 0.2) is 0 Å². The molecule has 5 nitrogen and oxygen atoms in total. The fourth-order valence-corrected chi connectivity index (χ4v) is 2.42. The molecule has 1 saturated heterocycles. The molecule has 2 atom stereocenters. The van der Waals surface area contributed by atoms with Crippen molar-refractivity contribution in [3.8, 4) is 0 Å². The van der Waals surface area contributed by atoms with Crippen LogP contribution < -0.4 is 5.73 Å². The molecule has 0 bridgehead atoms. The Morgan fingerprint density at radius 3 is 2.33 bits per heavy atom. The molecule has 1 heterocycles. The van der Waals surface area contributed by atoms with Crippen LogP contribution in [0.25, 0.3) is 0 Å². The SMILES string of the molecule is CC1OC(C)(C)N(C(=O)OC(C)(C)C)C1C(N)=S. The van der Waals surface area contributed by atoms with Crippen molar-refractivity contribution in [1.82, 2.24) is 4.90 Å². The van der Waals surface area contributed by atoms with Crippen molar-refractivity contribution in [2.75, 3.05) is 0 Å². The summed E-state index contributed by atoms with van der Waals surface area (Å²) >= 11 is 5.02. The average molecular weight is 274 g/mol. The van der Waals surface area contributed by atoms with E-state index in [9.17, 15) is 4.79 Å². The molecule has 0 saturated carbocycles. The van der Waals surface area contributed by atoms with Crippen molar-refractivity contribution in [1.29, 1.82) is 0 Å². The van der Waals surface area contributed by atoms with E-state index in [1.54, 1.807) is 13.8 Å². The number of carbonyl (C=O) groups excluding carboxylic acids is 1. The Kier molecular flexibility index (Phi) is 3.93. The minimum absolute atomic E-state index is 0.235. The van der Waals surface area contributed by atoms with E-state index in [2.05, 4.69) is 0 Å². The molecule has 1 aliphatic heterocycles. The lowest BCUT2D eigenvalue weighted by atomic mass is 10.1. The van der Waals surface area contributed by atoms with Crippen LogP contribution in [0.3, 0.4) is 0 Å². The lowest BCUT2D eigenvalue weighted by Crippen LogP contribution is -2.54. The first-order chi connectivity index (χ1) is 7.96. The topological polar surface area (TPSA) is 64.8 Å². The van der Waals surface area contributed by atoms with Crippen LogP contribution in [0.15, 0.2) is 0 Å². The maximum Gasteiger partial charge on any atom is 0.413 e. The fourth-order valence-electron chi connectivity index (χ4n) is 2.12. The van der Waals surface area contributed by atoms with Crippen molar-refractivity contribution in [2.24, 2.45) is 5.73 Å². The van der Waals surface area contributed by atoms with Gasteiger partial charge in [0.2, 0.25) is 0 Å². The van der Waals surface area contributed by atoms with Gasteiger partial charge in [-0.05, 0) is 41.5 Å². The molecule has 1 amide bonds. The molecule has 18 heavy (non-hydrogen) atoms. The quantitative estimate of drug-likeness (QED) is 0.741. The molecule has 2 unspecified atom stereocenters. The van der Waals surface area contributed by atoms with Crippen molar-refractivity contribution < 1.29 is 14.3 Å². The van der Waals surface area contributed by atoms with Gasteiger partial charge in [-0.25, -0.2) is 4.79 Å². The molecule has 0 aliphatic carbocycles. The van der Waals surface area contributed by atoms with Gasteiger partial charge >= 0.3 is 6.09 Å². The summed E-state index contributed by atoms with van der Waals surface area (Å²) in [6.07, 6.45) is -0.709. The van der Waals surface area contributed by atoms with Gasteiger partial charge in [-0.3, -0.25) is 4.90 Å². The molecular weight excluding hydrogens is 252 g/mol. The fraction of sp³-hybridized carbons (Fsp3) is 0.833. The van der Waals surface area contributed by atoms with Crippen LogP contribution in [-0.2, 0) is 9.47 Å². The summed E-state index contributed by atoms with van der Waals surface area (Å²) < 4.78 is 11.1. The van der Waals surface area contributed by atoms with Gasteiger partial charge in [0, 0.05) is 0 Å². The van der Waals surface area contributed by atoms with Crippen LogP contribution in [0.2, 0.25) is 0 Å². The Hall–Kier alpha value is -0.880. The van der Waals surface area contributed by atoms with Crippen LogP contribution >= 0.6 is 12.2 Å². The van der Waals surface area contributed by atoms with E-state index in [-0.39, 0.29) is 11.1 Å². The second-order valence-corrected chi connectivity index (χ2v) is 6.44. The zero-order chi connectivity index (χ0) is 14.3. The zero-order valence-corrected chi connectivity index (χ0v) is 12.6. The molecule has 1 rings (SSSR count). The summed E-state index contributed by atoms with van der Waals surface area (Å²) in [5.74, 6) is 0. The minimum atomic E-state index is -0.782. The third-order valence-corrected chi connectivity index (χ3v) is 2.90. The third kappa shape index (κ3) is 3.11. The molecule has 0 spiro atoms. The zero-order valence-electron chi connectivity index (χ0n) is 11.8. The normalized spacial score (nSPS) is 27.1. The predicted molar refractivity (Wildman–Crippen MR) is 73.3 cm³/mol. The van der Waals surface area contributed by atoms with Crippen LogP contribution in [-0.4, -0.2) is 39.5 Å². The Balaban J connectivity index is 3.01. The first-order valence-corrected chi connectivity index (χ1v) is 6.36. The Labute approximate surface area is 114 Å². The van der Waals surface area contributed by atoms with E-state index in [0.717, 1.165) is 0 Å². The van der Waals surface area contributed by atoms with Crippen molar-refractivity contribution in [3.63, 3.8) is 0 Å². The van der Waals surface area contributed by atoms with E-state index >= 15 is 0 Å². The lowest BCUT2D eigenvalue weighted by Gasteiger charge is -2.34. The number of hydrogen-bond acceptors (Lipinski definition) is 4. The third-order valence-electron chi connectivity index (χ3n) is 2.66. The number of nitrogens with two attached hydrogens (primary N) is 1. The number of hydrogen-bond donors (Lipinski definition) is 1. The van der Waals surface area contributed by atoms with Gasteiger partial charge < -0.3 is 15.2 Å². The average Bonchev–Trinajstić information content (AvgIpc) is 2.31. The summed E-state index contributed by atoms with van der Waals surface area (Å²) in [5, 5.41) is 0. The van der Waals surface area contributed by atoms with Crippen molar-refractivity contribution in [2.45, 2.75) is 65.0 Å². The Morgan fingerprint density at radius 1 is 1.44 bits per heavy atom. The van der Waals surface area contributed by atoms with Crippen LogP contribution in [0.4, 0.5) is 4.79 Å². The summed E-state index contributed by atoms with van der Waals surface area (Å²) in [6, 6.07) is -0.440. The molecule has 104 valence electrons. The summed E-state index contributed by atoms with van der Waals surface area (Å²) in [5.41, 5.74) is 4.35. The van der Waals surface area contributed by atoms with Gasteiger partial charge in [-0.2, -0.15) is 0 Å². The largest absolute Gasteiger partial charge is 0.444 e. The van der Waals surface area contributed by atoms with Gasteiger partial charge in [-0.15, -0.1) is 0 Å². The second-order valence-electron chi connectivity index (χ2n) is 5.97. The van der Waals surface area contributed by atoms with E-state index in [4.69, 9.17) is 27.4 Å². The standard InChI is InChI=1S/C12H22N2O3S/c1-7-8(9(13)18)14(12(5,6)16-7)10(15)17-11(2,3)4/h7-8H,1-6H3,(H2,13,18). The van der Waals surface area contributed by atoms with Crippen LogP contribution in [0.1, 0.15) is 41.5 Å². The van der Waals surface area contributed by atoms with E-state index in [1.165, 1.54) is 4.90 Å². The molecule has 0 radical (unpaired) electrons. The second kappa shape index (κ2) is 4.66. The highest BCUT2D eigenvalue weighted by Gasteiger charge is 2.50. The molecule has 1 fully saturated rings. The van der Waals surface area contributed by atoms with Crippen molar-refractivity contribution >= 4 is 23.3 Å². The van der Waals surface area contributed by atoms with Crippen LogP contribution in [0.5, 0.6) is 0 Å². The maximum atomic E-state index is 12.2. The first kappa shape index (κ1) is 15.2. The number of thiocarbonyl (C=S) groups is 1. The first-order valence-electron chi connectivity index (χ1n) is 5.95. The smallest absolute Gasteiger partial charge is 0.413 e. The molecule has 6 heteroatoms. The van der Waals surface area contributed by atoms with E-state index in [1.807, 2.05) is 27.7 Å². The highest BCUT2D eigenvalue weighted by atomic mass is 32.1. The number of carbonyl (C=O) groups is 1. The van der Waals surface area contributed by atoms with Crippen LogP contribution in [0, 0.1) is 0 Å². The van der Waals surface area contributed by atoms with Gasteiger partial charge in [-0.1, -0.05) is 12.2 Å². The molecule has 1 aliphatic rings. The molecule has 0 aromatic heterocycles. The number of ether oxygens (including phenoxy) is 2. The number of amides is 1. The molecule has 0 aromatic rings. The van der Waals surface area contributed by atoms with Gasteiger partial charge in [0.05, 0.1) is 11.1 Å². The minimum Gasteiger partial charge on any atom is -0.444 e. The summed E-state index contributed by atoms with van der Waals surface area (Å²) in [4.78, 5) is 14.0. The molecular formula is C12H22N2O3S. The maximum absolute atomic E-state index is 12.2. The van der Waals surface area contributed by atoms with Crippen molar-refractivity contribution in [3.05, 3.63) is 0 Å². The summed E-state index contributed by atoms with van der Waals surface area (Å²) in [7, 11) is 0. The van der Waals surface area contributed by atoms with Gasteiger partial charge in [0.1, 0.15) is 17.4 Å². The van der Waals surface area contributed by atoms with E-state index in [0.29, 0.717) is 0 Å². The number of nitrogens with zero attached hydrogens (tertiary/aromatic N) is 1. The Bertz CT molecular complexity index is 363. The lowest BCUT2D eigenvalue weighted by molar-refractivity contribution is -0.0750. The Morgan fingerprint density at radius 2 is 1.94 bits per heavy atom. The summed E-state index contributed by atoms with van der Waals surface area (Å²) in [6.45, 7) is 10.9. The number of rotatable bonds is 1. The predicted octanol–water partition coefficient (Wildman–Crippen LogP) is 2.03. The highest BCUT2D eigenvalue weighted by molar-refractivity contribution is 7.80.